The SMILES string of the molecule is CC[C@@H]1CCCCN1CCCNC(=O)Cn1ncn2nc(-c3cccs3)cc2c1=O. The van der Waals surface area contributed by atoms with Gasteiger partial charge in [0.1, 0.15) is 24.1 Å². The Morgan fingerprint density at radius 3 is 3.07 bits per heavy atom. The number of piperidine rings is 1. The molecule has 8 nitrogen and oxygen atoms in total. The molecular weight excluding hydrogens is 400 g/mol. The number of hydrogen-bond acceptors (Lipinski definition) is 6. The molecular formula is C21H28N6O2S. The summed E-state index contributed by atoms with van der Waals surface area (Å²) in [7, 11) is 0. The van der Waals surface area contributed by atoms with Crippen LogP contribution in [0.3, 0.4) is 0 Å². The quantitative estimate of drug-likeness (QED) is 0.557. The zero-order chi connectivity index (χ0) is 20.9. The Morgan fingerprint density at radius 1 is 1.37 bits per heavy atom. The summed E-state index contributed by atoms with van der Waals surface area (Å²) in [6.45, 7) is 4.93. The van der Waals surface area contributed by atoms with Crippen LogP contribution in [-0.4, -0.2) is 55.9 Å². The lowest BCUT2D eigenvalue weighted by atomic mass is 10.00. The Morgan fingerprint density at radius 2 is 2.27 bits per heavy atom. The summed E-state index contributed by atoms with van der Waals surface area (Å²) < 4.78 is 2.66. The van der Waals surface area contributed by atoms with Crippen molar-refractivity contribution in [3.8, 4) is 10.6 Å². The summed E-state index contributed by atoms with van der Waals surface area (Å²) in [4.78, 5) is 28.6. The van der Waals surface area contributed by atoms with E-state index in [0.29, 0.717) is 18.1 Å². The van der Waals surface area contributed by atoms with Gasteiger partial charge in [-0.25, -0.2) is 9.20 Å². The fraction of sp³-hybridized carbons (Fsp3) is 0.524. The van der Waals surface area contributed by atoms with Crippen LogP contribution in [0.5, 0.6) is 0 Å². The van der Waals surface area contributed by atoms with Gasteiger partial charge in [-0.1, -0.05) is 19.4 Å². The molecule has 1 N–H and O–H groups in total. The van der Waals surface area contributed by atoms with Gasteiger partial charge in [0.25, 0.3) is 5.56 Å². The summed E-state index contributed by atoms with van der Waals surface area (Å²) in [5.41, 5.74) is 0.827. The van der Waals surface area contributed by atoms with Crippen LogP contribution in [0.25, 0.3) is 16.1 Å². The number of nitrogens with one attached hydrogen (secondary N) is 1. The molecule has 0 unspecified atom stereocenters. The molecule has 0 saturated carbocycles. The van der Waals surface area contributed by atoms with E-state index in [-0.39, 0.29) is 18.0 Å². The smallest absolute Gasteiger partial charge is 0.293 e. The van der Waals surface area contributed by atoms with Crippen LogP contribution in [-0.2, 0) is 11.3 Å². The van der Waals surface area contributed by atoms with Gasteiger partial charge in [0, 0.05) is 19.1 Å². The molecule has 30 heavy (non-hydrogen) atoms. The van der Waals surface area contributed by atoms with E-state index in [1.807, 2.05) is 17.5 Å². The van der Waals surface area contributed by atoms with E-state index in [1.54, 1.807) is 17.4 Å². The number of rotatable bonds is 8. The van der Waals surface area contributed by atoms with Crippen molar-refractivity contribution >= 4 is 22.8 Å². The Kier molecular flexibility index (Phi) is 6.59. The van der Waals surface area contributed by atoms with E-state index in [9.17, 15) is 9.59 Å². The highest BCUT2D eigenvalue weighted by molar-refractivity contribution is 7.13. The summed E-state index contributed by atoms with van der Waals surface area (Å²) in [6, 6.07) is 6.32. The predicted octanol–water partition coefficient (Wildman–Crippen LogP) is 2.39. The highest BCUT2D eigenvalue weighted by Crippen LogP contribution is 2.23. The third-order valence-electron chi connectivity index (χ3n) is 5.72. The van der Waals surface area contributed by atoms with Crippen molar-refractivity contribution in [2.75, 3.05) is 19.6 Å². The second-order valence-electron chi connectivity index (χ2n) is 7.73. The van der Waals surface area contributed by atoms with E-state index in [2.05, 4.69) is 27.3 Å². The minimum absolute atomic E-state index is 0.0872. The van der Waals surface area contributed by atoms with Gasteiger partial charge in [-0.05, 0) is 49.7 Å². The first-order valence-electron chi connectivity index (χ1n) is 10.7. The molecule has 0 bridgehead atoms. The van der Waals surface area contributed by atoms with Crippen molar-refractivity contribution in [3.63, 3.8) is 0 Å². The van der Waals surface area contributed by atoms with Crippen LogP contribution in [0.15, 0.2) is 34.7 Å². The van der Waals surface area contributed by atoms with Crippen LogP contribution < -0.4 is 10.9 Å². The first kappa shape index (κ1) is 20.7. The second kappa shape index (κ2) is 9.53. The minimum atomic E-state index is -0.318. The second-order valence-corrected chi connectivity index (χ2v) is 8.68. The molecule has 1 atom stereocenters. The van der Waals surface area contributed by atoms with Crippen LogP contribution in [0.2, 0.25) is 0 Å². The average molecular weight is 429 g/mol. The Hall–Kier alpha value is -2.52. The summed E-state index contributed by atoms with van der Waals surface area (Å²) in [6.07, 6.45) is 7.44. The monoisotopic (exact) mass is 428 g/mol. The number of fused-ring (bicyclic) bond motifs is 1. The van der Waals surface area contributed by atoms with Crippen LogP contribution in [0, 0.1) is 0 Å². The molecule has 1 aliphatic rings. The maximum atomic E-state index is 12.7. The van der Waals surface area contributed by atoms with Crippen molar-refractivity contribution < 1.29 is 4.79 Å². The Labute approximate surface area is 179 Å². The summed E-state index contributed by atoms with van der Waals surface area (Å²) in [5, 5.41) is 13.4. The van der Waals surface area contributed by atoms with E-state index in [1.165, 1.54) is 41.2 Å². The van der Waals surface area contributed by atoms with Gasteiger partial charge in [0.15, 0.2) is 0 Å². The number of amides is 1. The van der Waals surface area contributed by atoms with Gasteiger partial charge in [0.2, 0.25) is 5.91 Å². The van der Waals surface area contributed by atoms with Gasteiger partial charge >= 0.3 is 0 Å². The number of likely N-dealkylation sites (tertiary alicyclic amines) is 1. The molecule has 0 spiro atoms. The zero-order valence-corrected chi connectivity index (χ0v) is 18.1. The zero-order valence-electron chi connectivity index (χ0n) is 17.3. The van der Waals surface area contributed by atoms with Gasteiger partial charge < -0.3 is 10.2 Å². The molecule has 3 aromatic rings. The third-order valence-corrected chi connectivity index (χ3v) is 6.61. The lowest BCUT2D eigenvalue weighted by Gasteiger charge is -2.35. The number of carbonyl (C=O) groups excluding carboxylic acids is 1. The molecule has 1 amide bonds. The molecule has 4 heterocycles. The first-order valence-corrected chi connectivity index (χ1v) is 11.5. The highest BCUT2D eigenvalue weighted by atomic mass is 32.1. The van der Waals surface area contributed by atoms with Gasteiger partial charge in [-0.15, -0.1) is 11.3 Å². The van der Waals surface area contributed by atoms with Crippen molar-refractivity contribution in [3.05, 3.63) is 40.3 Å². The molecule has 0 radical (unpaired) electrons. The Bertz CT molecular complexity index is 1040. The summed E-state index contributed by atoms with van der Waals surface area (Å²) >= 11 is 1.56. The van der Waals surface area contributed by atoms with Crippen molar-refractivity contribution in [1.82, 2.24) is 29.6 Å². The maximum absolute atomic E-state index is 12.7. The van der Waals surface area contributed by atoms with E-state index in [4.69, 9.17) is 0 Å². The Balaban J connectivity index is 1.32. The predicted molar refractivity (Wildman–Crippen MR) is 118 cm³/mol. The third kappa shape index (κ3) is 4.62. The minimum Gasteiger partial charge on any atom is -0.354 e. The molecule has 4 rings (SSSR count). The molecule has 160 valence electrons. The van der Waals surface area contributed by atoms with E-state index in [0.717, 1.165) is 30.1 Å². The molecule has 1 fully saturated rings. The molecule has 0 aliphatic carbocycles. The fourth-order valence-electron chi connectivity index (χ4n) is 4.11. The van der Waals surface area contributed by atoms with Gasteiger partial charge in [-0.3, -0.25) is 9.59 Å². The van der Waals surface area contributed by atoms with Crippen molar-refractivity contribution in [2.24, 2.45) is 0 Å². The van der Waals surface area contributed by atoms with Crippen LogP contribution in [0.4, 0.5) is 0 Å². The molecule has 0 aromatic carbocycles. The largest absolute Gasteiger partial charge is 0.354 e. The summed E-state index contributed by atoms with van der Waals surface area (Å²) in [5.74, 6) is -0.197. The molecule has 9 heteroatoms. The lowest BCUT2D eigenvalue weighted by molar-refractivity contribution is -0.121. The van der Waals surface area contributed by atoms with Crippen molar-refractivity contribution in [1.29, 1.82) is 0 Å². The van der Waals surface area contributed by atoms with Gasteiger partial charge in [0.05, 0.1) is 4.88 Å². The van der Waals surface area contributed by atoms with Crippen molar-refractivity contribution in [2.45, 2.75) is 51.6 Å². The standard InChI is InChI=1S/C21H28N6O2S/c1-2-16-7-3-4-10-25(16)11-6-9-22-20(28)14-26-21(29)18-13-17(19-8-5-12-30-19)24-27(18)15-23-26/h5,8,12-13,15-16H,2-4,6-7,9-11,14H2,1H3,(H,22,28)/t16-/m1/s1. The maximum Gasteiger partial charge on any atom is 0.293 e. The van der Waals surface area contributed by atoms with E-state index >= 15 is 0 Å². The van der Waals surface area contributed by atoms with Crippen LogP contribution in [0.1, 0.15) is 39.0 Å². The lowest BCUT2D eigenvalue weighted by Crippen LogP contribution is -2.41. The fourth-order valence-corrected chi connectivity index (χ4v) is 4.80. The topological polar surface area (TPSA) is 84.5 Å². The number of hydrogen-bond donors (Lipinski definition) is 1. The molecule has 1 aliphatic heterocycles. The number of nitrogens with zero attached hydrogens (tertiary/aromatic N) is 5. The molecule has 3 aromatic heterocycles. The normalized spacial score (nSPS) is 17.4. The van der Waals surface area contributed by atoms with Gasteiger partial charge in [-0.2, -0.15) is 10.2 Å². The molecule has 1 saturated heterocycles. The highest BCUT2D eigenvalue weighted by Gasteiger charge is 2.20. The average Bonchev–Trinajstić information content (AvgIpc) is 3.43. The number of thiophene rings is 1. The van der Waals surface area contributed by atoms with Crippen LogP contribution >= 0.6 is 11.3 Å². The van der Waals surface area contributed by atoms with E-state index < -0.39 is 0 Å². The number of aromatic nitrogens is 4. The number of carbonyl (C=O) groups is 1. The first-order chi connectivity index (χ1) is 14.7.